The number of rotatable bonds is 3. The molecule has 0 bridgehead atoms. The molecule has 2 nitrogen and oxygen atoms in total. The Morgan fingerprint density at radius 3 is 2.22 bits per heavy atom. The number of hydrogen-bond acceptors (Lipinski definition) is 2. The van der Waals surface area contributed by atoms with Crippen LogP contribution in [0.15, 0.2) is 18.2 Å². The molecule has 0 aliphatic carbocycles. The van der Waals surface area contributed by atoms with E-state index in [1.807, 2.05) is 26.8 Å². The lowest BCUT2D eigenvalue weighted by Gasteiger charge is -2.21. The molecule has 0 saturated heterocycles. The molecule has 0 fully saturated rings. The van der Waals surface area contributed by atoms with Crippen molar-refractivity contribution in [2.45, 2.75) is 32.4 Å². The van der Waals surface area contributed by atoms with Crippen molar-refractivity contribution in [3.8, 4) is 5.75 Å². The molecule has 0 saturated carbocycles. The molecule has 0 radical (unpaired) electrons. The van der Waals surface area contributed by atoms with E-state index < -0.39 is 12.7 Å². The van der Waals surface area contributed by atoms with Gasteiger partial charge in [0.1, 0.15) is 12.3 Å². The molecule has 1 N–H and O–H groups in total. The molecule has 1 aromatic carbocycles. The maximum atomic E-state index is 12.2. The fraction of sp³-hybridized carbons (Fsp3) is 0.538. The fourth-order valence-electron chi connectivity index (χ4n) is 1.51. The van der Waals surface area contributed by atoms with Crippen LogP contribution in [0.25, 0.3) is 0 Å². The molecular formula is C13H18F3NO. The Hall–Kier alpha value is -1.39. The molecule has 1 aromatic rings. The van der Waals surface area contributed by atoms with Crippen molar-refractivity contribution >= 4 is 5.69 Å². The third kappa shape index (κ3) is 4.13. The number of alkyl halides is 3. The number of halogens is 3. The quantitative estimate of drug-likeness (QED) is 0.889. The van der Waals surface area contributed by atoms with Crippen LogP contribution in [0.2, 0.25) is 0 Å². The predicted molar refractivity (Wildman–Crippen MR) is 66.2 cm³/mol. The number of hydrogen-bond donors (Lipinski definition) is 1. The minimum absolute atomic E-state index is 0.124. The maximum Gasteiger partial charge on any atom is 0.405 e. The Kier molecular flexibility index (Phi) is 4.14. The first kappa shape index (κ1) is 14.7. The number of benzene rings is 1. The van der Waals surface area contributed by atoms with E-state index in [1.54, 1.807) is 12.1 Å². The van der Waals surface area contributed by atoms with E-state index in [2.05, 4.69) is 5.32 Å². The molecule has 0 heterocycles. The van der Waals surface area contributed by atoms with Crippen LogP contribution in [0.5, 0.6) is 5.75 Å². The highest BCUT2D eigenvalue weighted by Crippen LogP contribution is 2.32. The van der Waals surface area contributed by atoms with Crippen molar-refractivity contribution < 1.29 is 17.9 Å². The highest BCUT2D eigenvalue weighted by molar-refractivity contribution is 5.59. The lowest BCUT2D eigenvalue weighted by molar-refractivity contribution is -0.115. The van der Waals surface area contributed by atoms with Crippen molar-refractivity contribution in [3.05, 3.63) is 23.8 Å². The van der Waals surface area contributed by atoms with Gasteiger partial charge in [0.05, 0.1) is 12.8 Å². The van der Waals surface area contributed by atoms with Crippen LogP contribution in [-0.2, 0) is 5.41 Å². The van der Waals surface area contributed by atoms with Gasteiger partial charge >= 0.3 is 6.18 Å². The second-order valence-electron chi connectivity index (χ2n) is 5.13. The Labute approximate surface area is 105 Å². The van der Waals surface area contributed by atoms with E-state index in [0.29, 0.717) is 11.4 Å². The summed E-state index contributed by atoms with van der Waals surface area (Å²) in [5.41, 5.74) is 1.19. The fourth-order valence-corrected chi connectivity index (χ4v) is 1.51. The van der Waals surface area contributed by atoms with Gasteiger partial charge in [0, 0.05) is 0 Å². The van der Waals surface area contributed by atoms with Crippen molar-refractivity contribution in [1.82, 2.24) is 0 Å². The smallest absolute Gasteiger partial charge is 0.405 e. The van der Waals surface area contributed by atoms with E-state index in [9.17, 15) is 13.2 Å². The molecule has 0 aliphatic heterocycles. The molecule has 0 unspecified atom stereocenters. The minimum atomic E-state index is -4.25. The molecule has 102 valence electrons. The average molecular weight is 261 g/mol. The number of nitrogens with one attached hydrogen (secondary N) is 1. The van der Waals surface area contributed by atoms with Crippen LogP contribution < -0.4 is 10.1 Å². The summed E-state index contributed by atoms with van der Waals surface area (Å²) in [6, 6.07) is 5.24. The van der Waals surface area contributed by atoms with Crippen LogP contribution >= 0.6 is 0 Å². The zero-order valence-corrected chi connectivity index (χ0v) is 11.0. The van der Waals surface area contributed by atoms with Crippen LogP contribution in [0.4, 0.5) is 18.9 Å². The van der Waals surface area contributed by atoms with Crippen LogP contribution in [0, 0.1) is 0 Å². The first-order valence-electron chi connectivity index (χ1n) is 5.62. The molecule has 1 rings (SSSR count). The van der Waals surface area contributed by atoms with Gasteiger partial charge in [0.2, 0.25) is 0 Å². The second kappa shape index (κ2) is 5.08. The van der Waals surface area contributed by atoms with Gasteiger partial charge in [-0.3, -0.25) is 0 Å². The summed E-state index contributed by atoms with van der Waals surface area (Å²) < 4.78 is 41.7. The van der Waals surface area contributed by atoms with Crippen LogP contribution in [-0.4, -0.2) is 19.8 Å². The average Bonchev–Trinajstić information content (AvgIpc) is 2.23. The summed E-state index contributed by atoms with van der Waals surface area (Å²) in [5.74, 6) is 0.409. The van der Waals surface area contributed by atoms with Crippen molar-refractivity contribution in [3.63, 3.8) is 0 Å². The monoisotopic (exact) mass is 261 g/mol. The van der Waals surface area contributed by atoms with Crippen molar-refractivity contribution in [2.24, 2.45) is 0 Å². The molecule has 0 aliphatic rings. The number of ether oxygens (including phenoxy) is 1. The largest absolute Gasteiger partial charge is 0.495 e. The Morgan fingerprint density at radius 1 is 1.17 bits per heavy atom. The first-order chi connectivity index (χ1) is 8.13. The highest BCUT2D eigenvalue weighted by atomic mass is 19.4. The minimum Gasteiger partial charge on any atom is -0.495 e. The number of methoxy groups -OCH3 is 1. The summed E-state index contributed by atoms with van der Waals surface area (Å²) in [6.45, 7) is 4.93. The molecule has 0 amide bonds. The van der Waals surface area contributed by atoms with Gasteiger partial charge in [-0.2, -0.15) is 13.2 Å². The molecule has 0 aromatic heterocycles. The van der Waals surface area contributed by atoms with Gasteiger partial charge in [-0.1, -0.05) is 26.8 Å². The summed E-state index contributed by atoms with van der Waals surface area (Å²) in [6.07, 6.45) is -4.25. The van der Waals surface area contributed by atoms with Crippen LogP contribution in [0.1, 0.15) is 26.3 Å². The predicted octanol–water partition coefficient (Wildman–Crippen LogP) is 3.97. The molecule has 18 heavy (non-hydrogen) atoms. The maximum absolute atomic E-state index is 12.2. The third-order valence-corrected chi connectivity index (χ3v) is 2.54. The Morgan fingerprint density at radius 2 is 1.78 bits per heavy atom. The normalized spacial score (nSPS) is 12.4. The molecule has 0 atom stereocenters. The van der Waals surface area contributed by atoms with Gasteiger partial charge < -0.3 is 10.1 Å². The molecule has 0 spiro atoms. The van der Waals surface area contributed by atoms with E-state index >= 15 is 0 Å². The van der Waals surface area contributed by atoms with Crippen molar-refractivity contribution in [2.75, 3.05) is 19.0 Å². The Bertz CT molecular complexity index is 408. The van der Waals surface area contributed by atoms with E-state index in [-0.39, 0.29) is 5.41 Å². The zero-order chi connectivity index (χ0) is 14.0. The second-order valence-corrected chi connectivity index (χ2v) is 5.13. The first-order valence-corrected chi connectivity index (χ1v) is 5.62. The summed E-state index contributed by atoms with van der Waals surface area (Å²) in [5, 5.41) is 2.37. The molecular weight excluding hydrogens is 243 g/mol. The third-order valence-electron chi connectivity index (χ3n) is 2.54. The standard InChI is InChI=1S/C13H18F3NO/c1-12(2,3)9-5-6-11(18-4)10(7-9)17-8-13(14,15)16/h5-7,17H,8H2,1-4H3. The lowest BCUT2D eigenvalue weighted by atomic mass is 9.87. The van der Waals surface area contributed by atoms with Gasteiger partial charge in [0.15, 0.2) is 0 Å². The van der Waals surface area contributed by atoms with E-state index in [4.69, 9.17) is 4.74 Å². The summed E-state index contributed by atoms with van der Waals surface area (Å²) in [7, 11) is 1.44. The SMILES string of the molecule is COc1ccc(C(C)(C)C)cc1NCC(F)(F)F. The van der Waals surface area contributed by atoms with Gasteiger partial charge in [0.25, 0.3) is 0 Å². The Balaban J connectivity index is 3.00. The van der Waals surface area contributed by atoms with Crippen LogP contribution in [0.3, 0.4) is 0 Å². The summed E-state index contributed by atoms with van der Waals surface area (Å²) >= 11 is 0. The lowest BCUT2D eigenvalue weighted by Crippen LogP contribution is -2.22. The number of anilines is 1. The molecule has 5 heteroatoms. The topological polar surface area (TPSA) is 21.3 Å². The van der Waals surface area contributed by atoms with Crippen molar-refractivity contribution in [1.29, 1.82) is 0 Å². The summed E-state index contributed by atoms with van der Waals surface area (Å²) in [4.78, 5) is 0. The van der Waals surface area contributed by atoms with Gasteiger partial charge in [-0.05, 0) is 23.1 Å². The van der Waals surface area contributed by atoms with E-state index in [0.717, 1.165) is 5.56 Å². The van der Waals surface area contributed by atoms with Gasteiger partial charge in [-0.25, -0.2) is 0 Å². The van der Waals surface area contributed by atoms with E-state index in [1.165, 1.54) is 7.11 Å². The van der Waals surface area contributed by atoms with Gasteiger partial charge in [-0.15, -0.1) is 0 Å². The zero-order valence-electron chi connectivity index (χ0n) is 11.0. The highest BCUT2D eigenvalue weighted by Gasteiger charge is 2.27.